The van der Waals surface area contributed by atoms with Crippen LogP contribution in [0.3, 0.4) is 0 Å². The SMILES string of the molecule is Cc1nn(C)c(C)c1CN(C)C(=O)c1cc(-c2ccc3c(c2)OCCO3)on1. The van der Waals surface area contributed by atoms with Crippen molar-refractivity contribution in [2.75, 3.05) is 20.3 Å². The zero-order chi connectivity index (χ0) is 19.8. The molecule has 1 aliphatic heterocycles. The van der Waals surface area contributed by atoms with Gasteiger partial charge < -0.3 is 18.9 Å². The molecule has 28 heavy (non-hydrogen) atoms. The van der Waals surface area contributed by atoms with Gasteiger partial charge in [-0.3, -0.25) is 9.48 Å². The fraction of sp³-hybridized carbons (Fsp3) is 0.350. The molecule has 3 heterocycles. The van der Waals surface area contributed by atoms with E-state index in [0.29, 0.717) is 37.0 Å². The van der Waals surface area contributed by atoms with Crippen LogP contribution in [0, 0.1) is 13.8 Å². The zero-order valence-corrected chi connectivity index (χ0v) is 16.4. The summed E-state index contributed by atoms with van der Waals surface area (Å²) in [5.41, 5.74) is 4.02. The van der Waals surface area contributed by atoms with Crippen LogP contribution in [0.4, 0.5) is 0 Å². The van der Waals surface area contributed by atoms with E-state index < -0.39 is 0 Å². The summed E-state index contributed by atoms with van der Waals surface area (Å²) in [5.74, 6) is 1.65. The summed E-state index contributed by atoms with van der Waals surface area (Å²) < 4.78 is 18.3. The summed E-state index contributed by atoms with van der Waals surface area (Å²) in [4.78, 5) is 14.4. The van der Waals surface area contributed by atoms with Crippen molar-refractivity contribution in [3.63, 3.8) is 0 Å². The fourth-order valence-electron chi connectivity index (χ4n) is 3.26. The molecule has 0 fully saturated rings. The second kappa shape index (κ2) is 7.03. The third kappa shape index (κ3) is 3.21. The summed E-state index contributed by atoms with van der Waals surface area (Å²) in [6.07, 6.45) is 0. The van der Waals surface area contributed by atoms with E-state index in [1.165, 1.54) is 0 Å². The van der Waals surface area contributed by atoms with E-state index >= 15 is 0 Å². The first-order valence-corrected chi connectivity index (χ1v) is 9.05. The van der Waals surface area contributed by atoms with E-state index in [1.807, 2.05) is 43.8 Å². The van der Waals surface area contributed by atoms with Gasteiger partial charge in [-0.05, 0) is 32.0 Å². The Hall–Kier alpha value is -3.29. The van der Waals surface area contributed by atoms with Crippen molar-refractivity contribution in [1.82, 2.24) is 19.8 Å². The molecule has 0 saturated heterocycles. The van der Waals surface area contributed by atoms with Gasteiger partial charge in [0.2, 0.25) is 0 Å². The average Bonchev–Trinajstić information content (AvgIpc) is 3.28. The normalized spacial score (nSPS) is 12.9. The first-order valence-electron chi connectivity index (χ1n) is 9.05. The molecule has 0 unspecified atom stereocenters. The van der Waals surface area contributed by atoms with Crippen LogP contribution in [0.2, 0.25) is 0 Å². The van der Waals surface area contributed by atoms with Crippen molar-refractivity contribution < 1.29 is 18.8 Å². The minimum atomic E-state index is -0.213. The number of amides is 1. The van der Waals surface area contributed by atoms with Crippen LogP contribution >= 0.6 is 0 Å². The Morgan fingerprint density at radius 2 is 1.93 bits per heavy atom. The van der Waals surface area contributed by atoms with Gasteiger partial charge in [0.05, 0.1) is 5.69 Å². The molecule has 0 bridgehead atoms. The predicted molar refractivity (Wildman–Crippen MR) is 101 cm³/mol. The number of aryl methyl sites for hydroxylation is 2. The number of ether oxygens (including phenoxy) is 2. The molecule has 146 valence electrons. The molecule has 0 aliphatic carbocycles. The Kier molecular flexibility index (Phi) is 4.54. The molecule has 1 aromatic carbocycles. The molecule has 8 heteroatoms. The van der Waals surface area contributed by atoms with Crippen LogP contribution in [0.1, 0.15) is 27.4 Å². The molecular formula is C20H22N4O4. The van der Waals surface area contributed by atoms with Crippen LogP contribution in [-0.4, -0.2) is 46.0 Å². The quantitative estimate of drug-likeness (QED) is 0.690. The molecule has 8 nitrogen and oxygen atoms in total. The molecule has 0 N–H and O–H groups in total. The third-order valence-electron chi connectivity index (χ3n) is 4.96. The largest absolute Gasteiger partial charge is 0.486 e. The number of carbonyl (C=O) groups excluding carboxylic acids is 1. The predicted octanol–water partition coefficient (Wildman–Crippen LogP) is 2.74. The molecule has 1 amide bonds. The fourth-order valence-corrected chi connectivity index (χ4v) is 3.26. The van der Waals surface area contributed by atoms with Gasteiger partial charge in [-0.25, -0.2) is 0 Å². The van der Waals surface area contributed by atoms with Gasteiger partial charge >= 0.3 is 0 Å². The van der Waals surface area contributed by atoms with E-state index in [1.54, 1.807) is 18.0 Å². The highest BCUT2D eigenvalue weighted by Crippen LogP contribution is 2.34. The number of aromatic nitrogens is 3. The molecule has 0 saturated carbocycles. The summed E-state index contributed by atoms with van der Waals surface area (Å²) in [6, 6.07) is 7.16. The molecule has 1 aliphatic rings. The monoisotopic (exact) mass is 382 g/mol. The number of rotatable bonds is 4. The molecule has 2 aromatic heterocycles. The molecule has 3 aromatic rings. The number of benzene rings is 1. The molecule has 0 radical (unpaired) electrons. The first kappa shape index (κ1) is 18.1. The smallest absolute Gasteiger partial charge is 0.276 e. The lowest BCUT2D eigenvalue weighted by Gasteiger charge is -2.18. The Labute approximate surface area is 162 Å². The number of fused-ring (bicyclic) bond motifs is 1. The van der Waals surface area contributed by atoms with Gasteiger partial charge in [0.25, 0.3) is 5.91 Å². The van der Waals surface area contributed by atoms with E-state index in [9.17, 15) is 4.79 Å². The maximum Gasteiger partial charge on any atom is 0.276 e. The highest BCUT2D eigenvalue weighted by Gasteiger charge is 2.21. The lowest BCUT2D eigenvalue weighted by molar-refractivity contribution is 0.0774. The van der Waals surface area contributed by atoms with Gasteiger partial charge in [-0.2, -0.15) is 5.10 Å². The van der Waals surface area contributed by atoms with Crippen LogP contribution in [0.15, 0.2) is 28.8 Å². The van der Waals surface area contributed by atoms with E-state index in [2.05, 4.69) is 10.3 Å². The van der Waals surface area contributed by atoms with Crippen LogP contribution in [0.5, 0.6) is 11.5 Å². The second-order valence-electron chi connectivity index (χ2n) is 6.87. The summed E-state index contributed by atoms with van der Waals surface area (Å²) >= 11 is 0. The Morgan fingerprint density at radius 1 is 1.18 bits per heavy atom. The number of carbonyl (C=O) groups is 1. The van der Waals surface area contributed by atoms with Gasteiger partial charge in [0.1, 0.15) is 13.2 Å². The topological polar surface area (TPSA) is 82.6 Å². The molecule has 0 atom stereocenters. The average molecular weight is 382 g/mol. The number of hydrogen-bond acceptors (Lipinski definition) is 6. The van der Waals surface area contributed by atoms with Crippen molar-refractivity contribution in [3.05, 3.63) is 46.9 Å². The van der Waals surface area contributed by atoms with Crippen LogP contribution in [0.25, 0.3) is 11.3 Å². The van der Waals surface area contributed by atoms with Crippen molar-refractivity contribution in [1.29, 1.82) is 0 Å². The van der Waals surface area contributed by atoms with Crippen molar-refractivity contribution in [2.24, 2.45) is 7.05 Å². The van der Waals surface area contributed by atoms with Gasteiger partial charge in [0, 0.05) is 43.5 Å². The summed E-state index contributed by atoms with van der Waals surface area (Å²) in [7, 11) is 3.64. The summed E-state index contributed by atoms with van der Waals surface area (Å²) in [6.45, 7) is 5.43. The third-order valence-corrected chi connectivity index (χ3v) is 4.96. The van der Waals surface area contributed by atoms with Crippen molar-refractivity contribution in [2.45, 2.75) is 20.4 Å². The molecule has 4 rings (SSSR count). The van der Waals surface area contributed by atoms with E-state index in [4.69, 9.17) is 14.0 Å². The van der Waals surface area contributed by atoms with Crippen molar-refractivity contribution >= 4 is 5.91 Å². The highest BCUT2D eigenvalue weighted by atomic mass is 16.6. The number of hydrogen-bond donors (Lipinski definition) is 0. The Balaban J connectivity index is 1.52. The van der Waals surface area contributed by atoms with E-state index in [-0.39, 0.29) is 11.6 Å². The maximum absolute atomic E-state index is 12.8. The zero-order valence-electron chi connectivity index (χ0n) is 16.4. The van der Waals surface area contributed by atoms with Gasteiger partial charge in [-0.1, -0.05) is 5.16 Å². The van der Waals surface area contributed by atoms with Crippen molar-refractivity contribution in [3.8, 4) is 22.8 Å². The number of nitrogens with zero attached hydrogens (tertiary/aromatic N) is 4. The van der Waals surface area contributed by atoms with E-state index in [0.717, 1.165) is 22.5 Å². The first-order chi connectivity index (χ1) is 13.4. The minimum absolute atomic E-state index is 0.213. The lowest BCUT2D eigenvalue weighted by Crippen LogP contribution is -2.27. The molecule has 0 spiro atoms. The lowest BCUT2D eigenvalue weighted by atomic mass is 10.1. The molecular weight excluding hydrogens is 360 g/mol. The standard InChI is InChI=1S/C20H22N4O4/c1-12-15(13(2)24(4)21-12)11-23(3)20(25)16-10-18(28-22-16)14-5-6-17-19(9-14)27-8-7-26-17/h5-6,9-10H,7-8,11H2,1-4H3. The Bertz CT molecular complexity index is 1040. The van der Waals surface area contributed by atoms with Crippen LogP contribution < -0.4 is 9.47 Å². The second-order valence-corrected chi connectivity index (χ2v) is 6.87. The van der Waals surface area contributed by atoms with Gasteiger partial charge in [-0.15, -0.1) is 0 Å². The Morgan fingerprint density at radius 3 is 2.64 bits per heavy atom. The minimum Gasteiger partial charge on any atom is -0.486 e. The van der Waals surface area contributed by atoms with Gasteiger partial charge in [0.15, 0.2) is 23.0 Å². The maximum atomic E-state index is 12.8. The highest BCUT2D eigenvalue weighted by molar-refractivity contribution is 5.93. The van der Waals surface area contributed by atoms with Crippen LogP contribution in [-0.2, 0) is 13.6 Å². The summed E-state index contributed by atoms with van der Waals surface area (Å²) in [5, 5.41) is 8.36.